The molecule has 0 aromatic carbocycles. The van der Waals surface area contributed by atoms with Gasteiger partial charge in [-0.25, -0.2) is 4.79 Å². The predicted octanol–water partition coefficient (Wildman–Crippen LogP) is -0.0175. The van der Waals surface area contributed by atoms with Crippen LogP contribution in [0, 0.1) is 0 Å². The molecule has 1 aromatic heterocycles. The van der Waals surface area contributed by atoms with E-state index < -0.39 is 0 Å². The Morgan fingerprint density at radius 2 is 2.19 bits per heavy atom. The maximum atomic E-state index is 11.7. The zero-order chi connectivity index (χ0) is 15.1. The Bertz CT molecular complexity index is 442. The number of aromatic nitrogens is 2. The molecule has 2 heterocycles. The van der Waals surface area contributed by atoms with Crippen LogP contribution < -0.4 is 10.6 Å². The number of ether oxygens (including phenoxy) is 1. The third-order valence-corrected chi connectivity index (χ3v) is 3.68. The molecule has 1 aromatic rings. The molecule has 2 N–H and O–H groups in total. The highest BCUT2D eigenvalue weighted by Gasteiger charge is 2.17. The van der Waals surface area contributed by atoms with Crippen LogP contribution in [0.5, 0.6) is 0 Å². The van der Waals surface area contributed by atoms with E-state index in [2.05, 4.69) is 27.6 Å². The monoisotopic (exact) mass is 295 g/mol. The van der Waals surface area contributed by atoms with Crippen molar-refractivity contribution in [3.63, 3.8) is 0 Å². The molecule has 0 saturated carbocycles. The van der Waals surface area contributed by atoms with Gasteiger partial charge >= 0.3 is 6.03 Å². The molecule has 0 radical (unpaired) electrons. The molecule has 1 atom stereocenters. The molecular weight excluding hydrogens is 270 g/mol. The Labute approximate surface area is 125 Å². The molecule has 1 aliphatic rings. The summed E-state index contributed by atoms with van der Waals surface area (Å²) in [6, 6.07) is 0.219. The van der Waals surface area contributed by atoms with E-state index >= 15 is 0 Å². The third kappa shape index (κ3) is 5.35. The SMILES string of the molecule is C[C@@H](CNC(=O)NCCc1cnn(C)c1)N1CCOCC1. The summed E-state index contributed by atoms with van der Waals surface area (Å²) in [7, 11) is 1.89. The lowest BCUT2D eigenvalue weighted by atomic mass is 10.2. The van der Waals surface area contributed by atoms with Gasteiger partial charge < -0.3 is 15.4 Å². The first kappa shape index (κ1) is 15.8. The maximum absolute atomic E-state index is 11.7. The summed E-state index contributed by atoms with van der Waals surface area (Å²) in [4.78, 5) is 14.1. The van der Waals surface area contributed by atoms with Crippen LogP contribution in [0.15, 0.2) is 12.4 Å². The highest BCUT2D eigenvalue weighted by atomic mass is 16.5. The maximum Gasteiger partial charge on any atom is 0.314 e. The molecule has 0 bridgehead atoms. The van der Waals surface area contributed by atoms with Gasteiger partial charge in [-0.15, -0.1) is 0 Å². The van der Waals surface area contributed by atoms with Crippen molar-refractivity contribution in [2.75, 3.05) is 39.4 Å². The summed E-state index contributed by atoms with van der Waals surface area (Å²) < 4.78 is 7.09. The molecule has 2 amide bonds. The molecule has 118 valence electrons. The summed E-state index contributed by atoms with van der Waals surface area (Å²) in [5, 5.41) is 9.88. The molecule has 0 spiro atoms. The third-order valence-electron chi connectivity index (χ3n) is 3.68. The molecule has 7 heteroatoms. The number of carbonyl (C=O) groups excluding carboxylic acids is 1. The molecule has 0 unspecified atom stereocenters. The zero-order valence-electron chi connectivity index (χ0n) is 12.8. The van der Waals surface area contributed by atoms with E-state index in [0.29, 0.717) is 19.1 Å². The minimum absolute atomic E-state index is 0.112. The lowest BCUT2D eigenvalue weighted by Gasteiger charge is -2.32. The summed E-state index contributed by atoms with van der Waals surface area (Å²) in [5.41, 5.74) is 1.12. The quantitative estimate of drug-likeness (QED) is 0.774. The Balaban J connectivity index is 1.58. The summed E-state index contributed by atoms with van der Waals surface area (Å²) in [5.74, 6) is 0. The van der Waals surface area contributed by atoms with Crippen molar-refractivity contribution >= 4 is 6.03 Å². The van der Waals surface area contributed by atoms with Crippen LogP contribution in [0.4, 0.5) is 4.79 Å². The van der Waals surface area contributed by atoms with Gasteiger partial charge in [-0.05, 0) is 18.9 Å². The molecular formula is C14H25N5O2. The Kier molecular flexibility index (Phi) is 6.01. The second kappa shape index (κ2) is 7.99. The van der Waals surface area contributed by atoms with Gasteiger partial charge in [0.1, 0.15) is 0 Å². The second-order valence-electron chi connectivity index (χ2n) is 5.41. The number of amides is 2. The first-order chi connectivity index (χ1) is 10.1. The Morgan fingerprint density at radius 3 is 2.86 bits per heavy atom. The van der Waals surface area contributed by atoms with Crippen molar-refractivity contribution < 1.29 is 9.53 Å². The van der Waals surface area contributed by atoms with Gasteiger partial charge in [-0.1, -0.05) is 0 Å². The number of aryl methyl sites for hydroxylation is 1. The first-order valence-corrected chi connectivity index (χ1v) is 7.46. The largest absolute Gasteiger partial charge is 0.379 e. The molecule has 1 aliphatic heterocycles. The normalized spacial score (nSPS) is 17.4. The fraction of sp³-hybridized carbons (Fsp3) is 0.714. The fourth-order valence-corrected chi connectivity index (χ4v) is 2.37. The van der Waals surface area contributed by atoms with E-state index in [1.807, 2.05) is 19.4 Å². The van der Waals surface area contributed by atoms with Crippen LogP contribution >= 0.6 is 0 Å². The van der Waals surface area contributed by atoms with Gasteiger partial charge in [0.15, 0.2) is 0 Å². The minimum atomic E-state index is -0.112. The molecule has 0 aliphatic carbocycles. The van der Waals surface area contributed by atoms with Crippen molar-refractivity contribution in [2.45, 2.75) is 19.4 Å². The van der Waals surface area contributed by atoms with Crippen LogP contribution in [0.25, 0.3) is 0 Å². The fourth-order valence-electron chi connectivity index (χ4n) is 2.37. The minimum Gasteiger partial charge on any atom is -0.379 e. The number of carbonyl (C=O) groups is 1. The lowest BCUT2D eigenvalue weighted by molar-refractivity contribution is 0.0209. The Hall–Kier alpha value is -1.60. The van der Waals surface area contributed by atoms with Gasteiger partial charge in [-0.3, -0.25) is 9.58 Å². The smallest absolute Gasteiger partial charge is 0.314 e. The van der Waals surface area contributed by atoms with E-state index in [9.17, 15) is 4.79 Å². The number of morpholine rings is 1. The van der Waals surface area contributed by atoms with Crippen molar-refractivity contribution in [1.82, 2.24) is 25.3 Å². The number of urea groups is 1. The van der Waals surface area contributed by atoms with E-state index in [-0.39, 0.29) is 6.03 Å². The van der Waals surface area contributed by atoms with Gasteiger partial charge in [0.25, 0.3) is 0 Å². The highest BCUT2D eigenvalue weighted by Crippen LogP contribution is 2.02. The molecule has 21 heavy (non-hydrogen) atoms. The lowest BCUT2D eigenvalue weighted by Crippen LogP contribution is -2.49. The number of rotatable bonds is 6. The molecule has 1 saturated heterocycles. The van der Waals surface area contributed by atoms with Crippen molar-refractivity contribution in [1.29, 1.82) is 0 Å². The average molecular weight is 295 g/mol. The highest BCUT2D eigenvalue weighted by molar-refractivity contribution is 5.73. The van der Waals surface area contributed by atoms with Crippen LogP contribution in [-0.4, -0.2) is 66.1 Å². The number of hydrogen-bond donors (Lipinski definition) is 2. The van der Waals surface area contributed by atoms with E-state index in [1.54, 1.807) is 4.68 Å². The summed E-state index contributed by atoms with van der Waals surface area (Å²) in [6.07, 6.45) is 4.57. The first-order valence-electron chi connectivity index (χ1n) is 7.46. The Morgan fingerprint density at radius 1 is 1.43 bits per heavy atom. The number of nitrogens with one attached hydrogen (secondary N) is 2. The van der Waals surface area contributed by atoms with E-state index in [0.717, 1.165) is 38.3 Å². The zero-order valence-corrected chi connectivity index (χ0v) is 12.8. The summed E-state index contributed by atoms with van der Waals surface area (Å²) >= 11 is 0. The van der Waals surface area contributed by atoms with E-state index in [1.165, 1.54) is 0 Å². The number of hydrogen-bond acceptors (Lipinski definition) is 4. The number of nitrogens with zero attached hydrogens (tertiary/aromatic N) is 3. The molecule has 1 fully saturated rings. The molecule has 2 rings (SSSR count). The van der Waals surface area contributed by atoms with Crippen LogP contribution in [0.3, 0.4) is 0 Å². The van der Waals surface area contributed by atoms with Crippen LogP contribution in [0.1, 0.15) is 12.5 Å². The van der Waals surface area contributed by atoms with Gasteiger partial charge in [0, 0.05) is 45.5 Å². The van der Waals surface area contributed by atoms with Gasteiger partial charge in [-0.2, -0.15) is 5.10 Å². The van der Waals surface area contributed by atoms with Gasteiger partial charge in [0.05, 0.1) is 19.4 Å². The summed E-state index contributed by atoms with van der Waals surface area (Å²) in [6.45, 7) is 6.82. The van der Waals surface area contributed by atoms with Crippen molar-refractivity contribution in [3.8, 4) is 0 Å². The van der Waals surface area contributed by atoms with Gasteiger partial charge in [0.2, 0.25) is 0 Å². The predicted molar refractivity (Wildman–Crippen MR) is 80.2 cm³/mol. The van der Waals surface area contributed by atoms with E-state index in [4.69, 9.17) is 4.74 Å². The molecule has 7 nitrogen and oxygen atoms in total. The van der Waals surface area contributed by atoms with Crippen molar-refractivity contribution in [3.05, 3.63) is 18.0 Å². The standard InChI is InChI=1S/C14H25N5O2/c1-12(19-5-7-21-8-6-19)9-16-14(20)15-4-3-13-10-17-18(2)11-13/h10-12H,3-9H2,1-2H3,(H2,15,16,20)/t12-/m0/s1. The van der Waals surface area contributed by atoms with Crippen LogP contribution in [-0.2, 0) is 18.2 Å². The van der Waals surface area contributed by atoms with Crippen LogP contribution in [0.2, 0.25) is 0 Å². The topological polar surface area (TPSA) is 71.4 Å². The second-order valence-corrected chi connectivity index (χ2v) is 5.41. The van der Waals surface area contributed by atoms with Crippen molar-refractivity contribution in [2.24, 2.45) is 7.05 Å². The average Bonchev–Trinajstić information content (AvgIpc) is 2.91.